The van der Waals surface area contributed by atoms with Gasteiger partial charge >= 0.3 is 16.5 Å². The maximum Gasteiger partial charge on any atom is 0.488 e. The summed E-state index contributed by atoms with van der Waals surface area (Å²) in [7, 11) is -4.15. The molecule has 1 aromatic rings. The fourth-order valence-corrected chi connectivity index (χ4v) is 1.42. The lowest BCUT2D eigenvalue weighted by Crippen LogP contribution is -2.04. The smallest absolute Gasteiger partial charge is 0.465 e. The Kier molecular flexibility index (Phi) is 4.08. The molecule has 0 saturated heterocycles. The number of benzene rings is 1. The molecule has 0 bridgehead atoms. The second kappa shape index (κ2) is 5.34. The molecule has 0 aromatic heterocycles. The molecular formula is C8H6FN3O5S. The fraction of sp³-hybridized carbons (Fsp3) is 0.125. The summed E-state index contributed by atoms with van der Waals surface area (Å²) in [5.41, 5.74) is 7.96. The van der Waals surface area contributed by atoms with Gasteiger partial charge in [0.05, 0.1) is 12.7 Å². The van der Waals surface area contributed by atoms with E-state index in [1.54, 1.807) is 0 Å². The molecule has 0 saturated carbocycles. The van der Waals surface area contributed by atoms with Crippen molar-refractivity contribution >= 4 is 22.2 Å². The number of carbonyl (C=O) groups excluding carboxylic acids is 1. The monoisotopic (exact) mass is 275 g/mol. The summed E-state index contributed by atoms with van der Waals surface area (Å²) in [6.07, 6.45) is 0. The van der Waals surface area contributed by atoms with E-state index >= 15 is 0 Å². The molecule has 96 valence electrons. The summed E-state index contributed by atoms with van der Waals surface area (Å²) in [4.78, 5) is 13.7. The Labute approximate surface area is 101 Å². The van der Waals surface area contributed by atoms with E-state index in [4.69, 9.17) is 5.53 Å². The molecule has 0 heterocycles. The zero-order valence-corrected chi connectivity index (χ0v) is 9.72. The first kappa shape index (κ1) is 13.7. The number of halogens is 1. The van der Waals surface area contributed by atoms with Crippen LogP contribution >= 0.6 is 0 Å². The molecule has 0 unspecified atom stereocenters. The van der Waals surface area contributed by atoms with Gasteiger partial charge in [0.1, 0.15) is 5.75 Å². The van der Waals surface area contributed by atoms with Crippen LogP contribution in [0.1, 0.15) is 10.4 Å². The van der Waals surface area contributed by atoms with Gasteiger partial charge in [-0.05, 0) is 23.7 Å². The molecule has 0 aliphatic carbocycles. The van der Waals surface area contributed by atoms with E-state index in [2.05, 4.69) is 18.9 Å². The molecule has 18 heavy (non-hydrogen) atoms. The first-order valence-corrected chi connectivity index (χ1v) is 5.59. The van der Waals surface area contributed by atoms with Gasteiger partial charge in [0.2, 0.25) is 0 Å². The van der Waals surface area contributed by atoms with E-state index in [1.165, 1.54) is 0 Å². The first-order chi connectivity index (χ1) is 8.35. The molecule has 0 amide bonds. The summed E-state index contributed by atoms with van der Waals surface area (Å²) in [6.45, 7) is 0. The third-order valence-electron chi connectivity index (χ3n) is 1.67. The van der Waals surface area contributed by atoms with Crippen molar-refractivity contribution in [3.63, 3.8) is 0 Å². The van der Waals surface area contributed by atoms with E-state index in [0.717, 1.165) is 25.3 Å². The minimum atomic E-state index is -5.24. The first-order valence-electron chi connectivity index (χ1n) is 4.28. The van der Waals surface area contributed by atoms with E-state index in [1.807, 2.05) is 0 Å². The van der Waals surface area contributed by atoms with Crippen LogP contribution in [-0.2, 0) is 15.2 Å². The number of azide groups is 1. The molecule has 8 nitrogen and oxygen atoms in total. The summed E-state index contributed by atoms with van der Waals surface area (Å²) in [5.74, 6) is -1.34. The van der Waals surface area contributed by atoms with Gasteiger partial charge in [-0.25, -0.2) is 4.79 Å². The normalized spacial score (nSPS) is 10.3. The number of carbonyl (C=O) groups is 1. The lowest BCUT2D eigenvalue weighted by molar-refractivity contribution is 0.0600. The highest BCUT2D eigenvalue weighted by Crippen LogP contribution is 2.25. The molecule has 0 radical (unpaired) electrons. The summed E-state index contributed by atoms with van der Waals surface area (Å²) in [6, 6.07) is 3.01. The molecule has 0 spiro atoms. The second-order valence-corrected chi connectivity index (χ2v) is 3.83. The van der Waals surface area contributed by atoms with Crippen LogP contribution < -0.4 is 4.18 Å². The van der Waals surface area contributed by atoms with Crippen LogP contribution in [0.3, 0.4) is 0 Å². The van der Waals surface area contributed by atoms with Gasteiger partial charge in [0.25, 0.3) is 0 Å². The molecule has 1 rings (SSSR count). The van der Waals surface area contributed by atoms with Crippen molar-refractivity contribution in [1.29, 1.82) is 0 Å². The summed E-state index contributed by atoms with van der Waals surface area (Å²) < 4.78 is 41.3. The highest BCUT2D eigenvalue weighted by atomic mass is 32.3. The molecule has 0 aliphatic rings. The van der Waals surface area contributed by atoms with E-state index in [-0.39, 0.29) is 11.3 Å². The van der Waals surface area contributed by atoms with Crippen molar-refractivity contribution in [2.45, 2.75) is 0 Å². The van der Waals surface area contributed by atoms with E-state index < -0.39 is 22.2 Å². The third kappa shape index (κ3) is 3.92. The van der Waals surface area contributed by atoms with Crippen molar-refractivity contribution in [3.8, 4) is 5.75 Å². The molecule has 0 atom stereocenters. The standard InChI is InChI=1S/C8H6FN3O5S/c1-16-8(13)5-2-6(11-12-10)4-7(3-5)17-18(9,14)15/h2-4H,1H3. The Morgan fingerprint density at radius 3 is 2.61 bits per heavy atom. The van der Waals surface area contributed by atoms with Crippen molar-refractivity contribution in [2.24, 2.45) is 5.11 Å². The van der Waals surface area contributed by atoms with Crippen LogP contribution in [-0.4, -0.2) is 21.5 Å². The van der Waals surface area contributed by atoms with Gasteiger partial charge in [-0.15, -0.1) is 0 Å². The predicted octanol–water partition coefficient (Wildman–Crippen LogP) is 2.01. The minimum Gasteiger partial charge on any atom is -0.465 e. The Bertz CT molecular complexity index is 624. The number of methoxy groups -OCH3 is 1. The zero-order valence-electron chi connectivity index (χ0n) is 8.90. The van der Waals surface area contributed by atoms with Crippen LogP contribution in [0.15, 0.2) is 23.3 Å². The minimum absolute atomic E-state index is 0.126. The number of nitrogens with zero attached hydrogens (tertiary/aromatic N) is 3. The number of hydrogen-bond donors (Lipinski definition) is 0. The quantitative estimate of drug-likeness (QED) is 0.274. The van der Waals surface area contributed by atoms with Gasteiger partial charge in [-0.2, -0.15) is 8.42 Å². The van der Waals surface area contributed by atoms with Crippen molar-refractivity contribution in [2.75, 3.05) is 7.11 Å². The lowest BCUT2D eigenvalue weighted by Gasteiger charge is -2.04. The SMILES string of the molecule is COC(=O)c1cc(N=[N+]=[N-])cc(OS(=O)(=O)F)c1. The number of rotatable bonds is 4. The molecule has 0 aliphatic heterocycles. The van der Waals surface area contributed by atoms with Gasteiger partial charge in [0, 0.05) is 10.6 Å². The predicted molar refractivity (Wildman–Crippen MR) is 57.2 cm³/mol. The van der Waals surface area contributed by atoms with Crippen LogP contribution in [0.4, 0.5) is 9.57 Å². The number of hydrogen-bond acceptors (Lipinski definition) is 6. The average molecular weight is 275 g/mol. The fourth-order valence-electron chi connectivity index (χ4n) is 1.09. The van der Waals surface area contributed by atoms with Crippen LogP contribution in [0, 0.1) is 0 Å². The highest BCUT2D eigenvalue weighted by molar-refractivity contribution is 7.81. The van der Waals surface area contributed by atoms with Gasteiger partial charge in [0.15, 0.2) is 0 Å². The van der Waals surface area contributed by atoms with E-state index in [9.17, 15) is 17.1 Å². The maximum absolute atomic E-state index is 12.3. The Morgan fingerprint density at radius 1 is 1.44 bits per heavy atom. The molecule has 10 heteroatoms. The van der Waals surface area contributed by atoms with Gasteiger partial charge in [-0.3, -0.25) is 0 Å². The van der Waals surface area contributed by atoms with Gasteiger partial charge < -0.3 is 8.92 Å². The Morgan fingerprint density at radius 2 is 2.11 bits per heavy atom. The molecule has 1 aromatic carbocycles. The summed E-state index contributed by atoms with van der Waals surface area (Å²) >= 11 is 0. The highest BCUT2D eigenvalue weighted by Gasteiger charge is 2.14. The van der Waals surface area contributed by atoms with Crippen molar-refractivity contribution in [3.05, 3.63) is 34.2 Å². The Balaban J connectivity index is 3.30. The zero-order chi connectivity index (χ0) is 13.8. The molecule has 0 fully saturated rings. The largest absolute Gasteiger partial charge is 0.488 e. The average Bonchev–Trinajstić information content (AvgIpc) is 2.25. The number of ether oxygens (including phenoxy) is 1. The van der Waals surface area contributed by atoms with E-state index in [0.29, 0.717) is 0 Å². The van der Waals surface area contributed by atoms with Crippen LogP contribution in [0.5, 0.6) is 5.75 Å². The topological polar surface area (TPSA) is 118 Å². The van der Waals surface area contributed by atoms with Crippen LogP contribution in [0.2, 0.25) is 0 Å². The Hall–Kier alpha value is -2.32. The van der Waals surface area contributed by atoms with Gasteiger partial charge in [-0.1, -0.05) is 9.00 Å². The maximum atomic E-state index is 12.3. The van der Waals surface area contributed by atoms with Crippen molar-refractivity contribution < 1.29 is 26.0 Å². The number of esters is 1. The molecule has 0 N–H and O–H groups in total. The lowest BCUT2D eigenvalue weighted by atomic mass is 10.2. The van der Waals surface area contributed by atoms with Crippen LogP contribution in [0.25, 0.3) is 10.4 Å². The molecular weight excluding hydrogens is 269 g/mol. The van der Waals surface area contributed by atoms with Crippen molar-refractivity contribution in [1.82, 2.24) is 0 Å². The third-order valence-corrected chi connectivity index (χ3v) is 2.06. The summed E-state index contributed by atoms with van der Waals surface area (Å²) in [5, 5.41) is 3.15. The second-order valence-electron chi connectivity index (χ2n) is 2.87.